The fourth-order valence-corrected chi connectivity index (χ4v) is 2.04. The Kier molecular flexibility index (Phi) is 4.14. The van der Waals surface area contributed by atoms with Gasteiger partial charge in [0.1, 0.15) is 0 Å². The number of nitrogens with one attached hydrogen (secondary N) is 1. The molecule has 0 aliphatic carbocycles. The minimum absolute atomic E-state index is 0.0412. The third-order valence-electron chi connectivity index (χ3n) is 3.03. The van der Waals surface area contributed by atoms with Crippen LogP contribution in [0.5, 0.6) is 0 Å². The van der Waals surface area contributed by atoms with Gasteiger partial charge in [-0.2, -0.15) is 5.26 Å². The summed E-state index contributed by atoms with van der Waals surface area (Å²) in [4.78, 5) is 24.7. The molecule has 1 fully saturated rings. The van der Waals surface area contributed by atoms with Gasteiger partial charge in [-0.25, -0.2) is 0 Å². The molecule has 98 valence electrons. The van der Waals surface area contributed by atoms with Crippen LogP contribution >= 0.6 is 0 Å². The monoisotopic (exact) mass is 257 g/mol. The number of nitrogens with zero attached hydrogens (tertiary/aromatic N) is 2. The smallest absolute Gasteiger partial charge is 0.243 e. The molecule has 1 N–H and O–H groups in total. The molecule has 0 spiro atoms. The predicted octanol–water partition coefficient (Wildman–Crippen LogP) is 1.31. The van der Waals surface area contributed by atoms with Gasteiger partial charge in [-0.15, -0.1) is 0 Å². The van der Waals surface area contributed by atoms with E-state index in [1.54, 1.807) is 29.2 Å². The molecule has 1 aromatic rings. The number of carbonyl (C=O) groups is 2. The maximum atomic E-state index is 11.8. The first-order valence-electron chi connectivity index (χ1n) is 6.22. The van der Waals surface area contributed by atoms with E-state index in [9.17, 15) is 9.59 Å². The molecule has 0 saturated carbocycles. The Balaban J connectivity index is 1.88. The lowest BCUT2D eigenvalue weighted by Crippen LogP contribution is -2.33. The Bertz CT molecular complexity index is 516. The van der Waals surface area contributed by atoms with Gasteiger partial charge in [-0.3, -0.25) is 9.59 Å². The Hall–Kier alpha value is -2.35. The third kappa shape index (κ3) is 3.55. The molecular weight excluding hydrogens is 242 g/mol. The maximum Gasteiger partial charge on any atom is 0.243 e. The Morgan fingerprint density at radius 2 is 2.11 bits per heavy atom. The molecule has 5 heteroatoms. The van der Waals surface area contributed by atoms with Crippen LogP contribution in [-0.4, -0.2) is 29.8 Å². The van der Waals surface area contributed by atoms with Gasteiger partial charge in [0.25, 0.3) is 0 Å². The van der Waals surface area contributed by atoms with Gasteiger partial charge < -0.3 is 10.2 Å². The van der Waals surface area contributed by atoms with Gasteiger partial charge in [0, 0.05) is 18.7 Å². The average molecular weight is 257 g/mol. The number of likely N-dealkylation sites (tertiary alicyclic amines) is 1. The normalized spacial score (nSPS) is 14.3. The molecule has 2 rings (SSSR count). The molecule has 0 atom stereocenters. The molecule has 0 aromatic heterocycles. The first kappa shape index (κ1) is 13.1. The van der Waals surface area contributed by atoms with E-state index in [0.717, 1.165) is 12.0 Å². The zero-order valence-corrected chi connectivity index (χ0v) is 10.6. The standard InChI is InChI=1S/C14H15N3O2/c15-8-7-11-3-5-12(6-4-11)16-13(18)10-17-9-1-2-14(17)19/h3-6H,1-2,7,9-10H2,(H,16,18). The topological polar surface area (TPSA) is 73.2 Å². The molecule has 2 amide bonds. The number of hydrogen-bond donors (Lipinski definition) is 1. The van der Waals surface area contributed by atoms with Crippen LogP contribution in [0.15, 0.2) is 24.3 Å². The van der Waals surface area contributed by atoms with E-state index in [-0.39, 0.29) is 18.4 Å². The number of hydrogen-bond acceptors (Lipinski definition) is 3. The molecule has 1 aromatic carbocycles. The van der Waals surface area contributed by atoms with E-state index in [1.165, 1.54) is 0 Å². The second kappa shape index (κ2) is 6.01. The molecule has 0 unspecified atom stereocenters. The van der Waals surface area contributed by atoms with Crippen molar-refractivity contribution in [3.8, 4) is 6.07 Å². The van der Waals surface area contributed by atoms with E-state index >= 15 is 0 Å². The van der Waals surface area contributed by atoms with E-state index in [2.05, 4.69) is 11.4 Å². The van der Waals surface area contributed by atoms with Crippen molar-refractivity contribution in [3.63, 3.8) is 0 Å². The highest BCUT2D eigenvalue weighted by Crippen LogP contribution is 2.12. The zero-order chi connectivity index (χ0) is 13.7. The number of anilines is 1. The first-order valence-corrected chi connectivity index (χ1v) is 6.22. The summed E-state index contributed by atoms with van der Waals surface area (Å²) < 4.78 is 0. The van der Waals surface area contributed by atoms with Gasteiger partial charge in [0.05, 0.1) is 19.0 Å². The Morgan fingerprint density at radius 1 is 1.37 bits per heavy atom. The third-order valence-corrected chi connectivity index (χ3v) is 3.03. The largest absolute Gasteiger partial charge is 0.333 e. The van der Waals surface area contributed by atoms with Gasteiger partial charge in [0.2, 0.25) is 11.8 Å². The highest BCUT2D eigenvalue weighted by molar-refractivity contribution is 5.94. The van der Waals surface area contributed by atoms with Crippen molar-refractivity contribution in [3.05, 3.63) is 29.8 Å². The molecule has 1 heterocycles. The van der Waals surface area contributed by atoms with Crippen LogP contribution in [0.2, 0.25) is 0 Å². The SMILES string of the molecule is N#CCc1ccc(NC(=O)CN2CCCC2=O)cc1. The predicted molar refractivity (Wildman–Crippen MR) is 70.2 cm³/mol. The summed E-state index contributed by atoms with van der Waals surface area (Å²) >= 11 is 0. The van der Waals surface area contributed by atoms with E-state index < -0.39 is 0 Å². The van der Waals surface area contributed by atoms with Crippen LogP contribution < -0.4 is 5.32 Å². The number of nitriles is 1. The lowest BCUT2D eigenvalue weighted by atomic mass is 10.1. The van der Waals surface area contributed by atoms with Crippen molar-refractivity contribution in [2.75, 3.05) is 18.4 Å². The molecular formula is C14H15N3O2. The minimum atomic E-state index is -0.191. The average Bonchev–Trinajstić information content (AvgIpc) is 2.78. The quantitative estimate of drug-likeness (QED) is 0.884. The molecule has 5 nitrogen and oxygen atoms in total. The van der Waals surface area contributed by atoms with Crippen LogP contribution in [0.1, 0.15) is 18.4 Å². The van der Waals surface area contributed by atoms with Crippen molar-refractivity contribution >= 4 is 17.5 Å². The van der Waals surface area contributed by atoms with Gasteiger partial charge in [0.15, 0.2) is 0 Å². The summed E-state index contributed by atoms with van der Waals surface area (Å²) in [7, 11) is 0. The van der Waals surface area contributed by atoms with Crippen molar-refractivity contribution in [1.82, 2.24) is 4.90 Å². The van der Waals surface area contributed by atoms with Crippen molar-refractivity contribution in [2.45, 2.75) is 19.3 Å². The van der Waals surface area contributed by atoms with Crippen molar-refractivity contribution in [2.24, 2.45) is 0 Å². The summed E-state index contributed by atoms with van der Waals surface area (Å²) in [5.74, 6) is -0.150. The number of benzene rings is 1. The van der Waals surface area contributed by atoms with Crippen LogP contribution in [0.4, 0.5) is 5.69 Å². The minimum Gasteiger partial charge on any atom is -0.333 e. The maximum absolute atomic E-state index is 11.8. The van der Waals surface area contributed by atoms with Crippen LogP contribution in [0.3, 0.4) is 0 Å². The van der Waals surface area contributed by atoms with Crippen molar-refractivity contribution < 1.29 is 9.59 Å². The summed E-state index contributed by atoms with van der Waals surface area (Å²) in [6.07, 6.45) is 1.72. The molecule has 0 radical (unpaired) electrons. The fourth-order valence-electron chi connectivity index (χ4n) is 2.04. The molecule has 0 bridgehead atoms. The fraction of sp³-hybridized carbons (Fsp3) is 0.357. The van der Waals surface area contributed by atoms with E-state index in [0.29, 0.717) is 25.1 Å². The molecule has 19 heavy (non-hydrogen) atoms. The second-order valence-corrected chi connectivity index (χ2v) is 4.50. The highest BCUT2D eigenvalue weighted by atomic mass is 16.2. The molecule has 1 saturated heterocycles. The van der Waals surface area contributed by atoms with Crippen molar-refractivity contribution in [1.29, 1.82) is 5.26 Å². The first-order chi connectivity index (χ1) is 9.19. The lowest BCUT2D eigenvalue weighted by Gasteiger charge is -2.14. The summed E-state index contributed by atoms with van der Waals surface area (Å²) in [5, 5.41) is 11.3. The highest BCUT2D eigenvalue weighted by Gasteiger charge is 2.22. The van der Waals surface area contributed by atoms with E-state index in [1.807, 2.05) is 0 Å². The number of rotatable bonds is 4. The molecule has 1 aliphatic heterocycles. The van der Waals surface area contributed by atoms with Gasteiger partial charge in [-0.05, 0) is 24.1 Å². The van der Waals surface area contributed by atoms with Gasteiger partial charge in [-0.1, -0.05) is 12.1 Å². The Labute approximate surface area is 111 Å². The van der Waals surface area contributed by atoms with E-state index in [4.69, 9.17) is 5.26 Å². The van der Waals surface area contributed by atoms with Gasteiger partial charge >= 0.3 is 0 Å². The van der Waals surface area contributed by atoms with Crippen LogP contribution in [0.25, 0.3) is 0 Å². The van der Waals surface area contributed by atoms with Crippen LogP contribution in [-0.2, 0) is 16.0 Å². The number of carbonyl (C=O) groups excluding carboxylic acids is 2. The zero-order valence-electron chi connectivity index (χ0n) is 10.6. The summed E-state index contributed by atoms with van der Waals surface area (Å²) in [5.41, 5.74) is 1.59. The summed E-state index contributed by atoms with van der Waals surface area (Å²) in [6.45, 7) is 0.770. The Morgan fingerprint density at radius 3 is 2.68 bits per heavy atom. The molecule has 1 aliphatic rings. The summed E-state index contributed by atoms with van der Waals surface area (Å²) in [6, 6.07) is 9.20. The second-order valence-electron chi connectivity index (χ2n) is 4.50. The number of amides is 2. The lowest BCUT2D eigenvalue weighted by molar-refractivity contribution is -0.131. The van der Waals surface area contributed by atoms with Crippen LogP contribution in [0, 0.1) is 11.3 Å².